The molecule has 23 heavy (non-hydrogen) atoms. The molecule has 3 aromatic carbocycles. The van der Waals surface area contributed by atoms with Crippen molar-refractivity contribution in [2.24, 2.45) is 0 Å². The van der Waals surface area contributed by atoms with E-state index >= 15 is 0 Å². The lowest BCUT2D eigenvalue weighted by atomic mass is 9.89. The quantitative estimate of drug-likeness (QED) is 0.596. The number of hydrogen-bond acceptors (Lipinski definition) is 1. The zero-order valence-corrected chi connectivity index (χ0v) is 13.7. The summed E-state index contributed by atoms with van der Waals surface area (Å²) >= 11 is 0. The van der Waals surface area contributed by atoms with Crippen molar-refractivity contribution in [2.45, 2.75) is 32.1 Å². The van der Waals surface area contributed by atoms with Crippen molar-refractivity contribution in [1.29, 1.82) is 5.26 Å². The van der Waals surface area contributed by atoms with Gasteiger partial charge in [-0.15, -0.1) is 0 Å². The molecule has 114 valence electrons. The molecule has 3 rings (SSSR count). The molecule has 0 aliphatic rings. The van der Waals surface area contributed by atoms with Crippen molar-refractivity contribution < 1.29 is 0 Å². The van der Waals surface area contributed by atoms with E-state index in [2.05, 4.69) is 86.6 Å². The molecule has 0 heterocycles. The molecular formula is C22H21N. The Hall–Kier alpha value is -2.59. The highest BCUT2D eigenvalue weighted by Gasteiger charge is 2.13. The molecule has 1 nitrogen and oxygen atoms in total. The number of fused-ring (bicyclic) bond motifs is 1. The van der Waals surface area contributed by atoms with Gasteiger partial charge in [0.15, 0.2) is 0 Å². The van der Waals surface area contributed by atoms with Gasteiger partial charge in [-0.3, -0.25) is 0 Å². The average Bonchev–Trinajstić information content (AvgIpc) is 2.60. The van der Waals surface area contributed by atoms with Gasteiger partial charge in [0.05, 0.1) is 12.0 Å². The fraction of sp³-hybridized carbons (Fsp3) is 0.227. The van der Waals surface area contributed by atoms with Crippen molar-refractivity contribution >= 4 is 10.8 Å². The van der Waals surface area contributed by atoms with Gasteiger partial charge < -0.3 is 0 Å². The third-order valence-electron chi connectivity index (χ3n) is 4.47. The SMILES string of the molecule is CC(C)c1ccc(C(C#N)Cc2cccc3ccccc23)cc1. The van der Waals surface area contributed by atoms with Crippen LogP contribution in [-0.2, 0) is 6.42 Å². The van der Waals surface area contributed by atoms with Crippen LogP contribution in [0.2, 0.25) is 0 Å². The number of benzene rings is 3. The minimum atomic E-state index is -0.109. The lowest BCUT2D eigenvalue weighted by molar-refractivity contribution is 0.840. The molecule has 0 saturated heterocycles. The summed E-state index contributed by atoms with van der Waals surface area (Å²) in [5, 5.41) is 12.1. The first-order valence-corrected chi connectivity index (χ1v) is 8.15. The zero-order valence-electron chi connectivity index (χ0n) is 13.7. The van der Waals surface area contributed by atoms with Gasteiger partial charge in [0, 0.05) is 0 Å². The van der Waals surface area contributed by atoms with Crippen molar-refractivity contribution in [3.63, 3.8) is 0 Å². The molecule has 0 radical (unpaired) electrons. The molecule has 0 N–H and O–H groups in total. The van der Waals surface area contributed by atoms with E-state index in [0.29, 0.717) is 5.92 Å². The summed E-state index contributed by atoms with van der Waals surface area (Å²) < 4.78 is 0. The Morgan fingerprint density at radius 2 is 1.48 bits per heavy atom. The minimum Gasteiger partial charge on any atom is -0.198 e. The summed E-state index contributed by atoms with van der Waals surface area (Å²) in [7, 11) is 0. The van der Waals surface area contributed by atoms with Crippen LogP contribution in [0.3, 0.4) is 0 Å². The van der Waals surface area contributed by atoms with Crippen LogP contribution in [0.5, 0.6) is 0 Å². The highest BCUT2D eigenvalue weighted by atomic mass is 14.3. The molecule has 0 fully saturated rings. The fourth-order valence-electron chi connectivity index (χ4n) is 3.04. The van der Waals surface area contributed by atoms with Gasteiger partial charge in [0.25, 0.3) is 0 Å². The van der Waals surface area contributed by atoms with E-state index in [0.717, 1.165) is 12.0 Å². The first-order chi connectivity index (χ1) is 11.2. The summed E-state index contributed by atoms with van der Waals surface area (Å²) in [5.74, 6) is 0.407. The van der Waals surface area contributed by atoms with Crippen molar-refractivity contribution in [1.82, 2.24) is 0 Å². The van der Waals surface area contributed by atoms with Crippen LogP contribution in [0.1, 0.15) is 42.4 Å². The van der Waals surface area contributed by atoms with Gasteiger partial charge in [0.1, 0.15) is 0 Å². The normalized spacial score (nSPS) is 12.3. The van der Waals surface area contributed by atoms with Gasteiger partial charge in [-0.1, -0.05) is 80.6 Å². The molecule has 0 aromatic heterocycles. The number of hydrogen-bond donors (Lipinski definition) is 0. The predicted octanol–water partition coefficient (Wildman–Crippen LogP) is 5.81. The van der Waals surface area contributed by atoms with Crippen LogP contribution in [0, 0.1) is 11.3 Å². The third-order valence-corrected chi connectivity index (χ3v) is 4.47. The van der Waals surface area contributed by atoms with Crippen LogP contribution in [0.25, 0.3) is 10.8 Å². The molecule has 3 aromatic rings. The molecular weight excluding hydrogens is 278 g/mol. The molecule has 0 spiro atoms. The first-order valence-electron chi connectivity index (χ1n) is 8.15. The maximum absolute atomic E-state index is 9.64. The summed E-state index contributed by atoms with van der Waals surface area (Å²) in [6.45, 7) is 4.37. The van der Waals surface area contributed by atoms with E-state index in [4.69, 9.17) is 0 Å². The fourth-order valence-corrected chi connectivity index (χ4v) is 3.04. The third kappa shape index (κ3) is 3.27. The van der Waals surface area contributed by atoms with Crippen LogP contribution in [0.4, 0.5) is 0 Å². The first kappa shape index (κ1) is 15.3. The largest absolute Gasteiger partial charge is 0.198 e. The highest BCUT2D eigenvalue weighted by molar-refractivity contribution is 5.85. The van der Waals surface area contributed by atoms with Crippen LogP contribution < -0.4 is 0 Å². The Labute approximate surface area is 138 Å². The zero-order chi connectivity index (χ0) is 16.2. The summed E-state index contributed by atoms with van der Waals surface area (Å²) in [6.07, 6.45) is 0.749. The number of nitriles is 1. The second-order valence-corrected chi connectivity index (χ2v) is 6.35. The maximum atomic E-state index is 9.64. The molecule has 0 bridgehead atoms. The Bertz CT molecular complexity index is 832. The van der Waals surface area contributed by atoms with Gasteiger partial charge in [0.2, 0.25) is 0 Å². The van der Waals surface area contributed by atoms with Crippen LogP contribution in [-0.4, -0.2) is 0 Å². The Kier molecular flexibility index (Phi) is 4.44. The van der Waals surface area contributed by atoms with E-state index in [1.807, 2.05) is 0 Å². The van der Waals surface area contributed by atoms with E-state index in [1.165, 1.54) is 21.9 Å². The second kappa shape index (κ2) is 6.67. The minimum absolute atomic E-state index is 0.109. The molecule has 0 aliphatic heterocycles. The summed E-state index contributed by atoms with van der Waals surface area (Å²) in [5.41, 5.74) is 3.66. The van der Waals surface area contributed by atoms with Gasteiger partial charge >= 0.3 is 0 Å². The highest BCUT2D eigenvalue weighted by Crippen LogP contribution is 2.27. The topological polar surface area (TPSA) is 23.8 Å². The molecule has 0 amide bonds. The molecule has 1 unspecified atom stereocenters. The van der Waals surface area contributed by atoms with Crippen molar-refractivity contribution in [2.75, 3.05) is 0 Å². The Balaban J connectivity index is 1.91. The summed E-state index contributed by atoms with van der Waals surface area (Å²) in [6, 6.07) is 25.7. The van der Waals surface area contributed by atoms with Crippen LogP contribution >= 0.6 is 0 Å². The van der Waals surface area contributed by atoms with E-state index in [1.54, 1.807) is 0 Å². The lowest BCUT2D eigenvalue weighted by Gasteiger charge is -2.13. The summed E-state index contributed by atoms with van der Waals surface area (Å²) in [4.78, 5) is 0. The maximum Gasteiger partial charge on any atom is 0.0753 e. The van der Waals surface area contributed by atoms with Crippen molar-refractivity contribution in [3.8, 4) is 6.07 Å². The predicted molar refractivity (Wildman–Crippen MR) is 96.5 cm³/mol. The number of rotatable bonds is 4. The van der Waals surface area contributed by atoms with Crippen LogP contribution in [0.15, 0.2) is 66.7 Å². The number of nitrogens with zero attached hydrogens (tertiary/aromatic N) is 1. The van der Waals surface area contributed by atoms with Gasteiger partial charge in [-0.05, 0) is 39.8 Å². The van der Waals surface area contributed by atoms with Gasteiger partial charge in [-0.2, -0.15) is 5.26 Å². The van der Waals surface area contributed by atoms with Crippen molar-refractivity contribution in [3.05, 3.63) is 83.4 Å². The lowest BCUT2D eigenvalue weighted by Crippen LogP contribution is -2.01. The molecule has 0 saturated carbocycles. The average molecular weight is 299 g/mol. The second-order valence-electron chi connectivity index (χ2n) is 6.35. The molecule has 1 atom stereocenters. The van der Waals surface area contributed by atoms with E-state index in [9.17, 15) is 5.26 Å². The smallest absolute Gasteiger partial charge is 0.0753 e. The Morgan fingerprint density at radius 1 is 0.826 bits per heavy atom. The van der Waals surface area contributed by atoms with E-state index < -0.39 is 0 Å². The molecule has 1 heteroatoms. The monoisotopic (exact) mass is 299 g/mol. The van der Waals surface area contributed by atoms with Gasteiger partial charge in [-0.25, -0.2) is 0 Å². The Morgan fingerprint density at radius 3 is 2.17 bits per heavy atom. The molecule has 0 aliphatic carbocycles. The standard InChI is InChI=1S/C22H21N/c1-16(2)17-10-12-18(13-11-17)21(15-23)14-20-8-5-7-19-6-3-4-9-22(19)20/h3-13,16,21H,14H2,1-2H3. The van der Waals surface area contributed by atoms with E-state index in [-0.39, 0.29) is 5.92 Å².